The number of allylic oxidation sites excluding steroid dienone is 2. The van der Waals surface area contributed by atoms with Gasteiger partial charge < -0.3 is 24.4 Å². The summed E-state index contributed by atoms with van der Waals surface area (Å²) >= 11 is 0. The van der Waals surface area contributed by atoms with Crippen LogP contribution in [-0.4, -0.2) is 53.9 Å². The molecular weight excluding hydrogens is 388 g/mol. The molecule has 2 unspecified atom stereocenters. The molecule has 0 amide bonds. The molecule has 7 heteroatoms. The van der Waals surface area contributed by atoms with Gasteiger partial charge >= 0.3 is 17.7 Å². The summed E-state index contributed by atoms with van der Waals surface area (Å²) in [6.45, 7) is 4.18. The predicted octanol–water partition coefficient (Wildman–Crippen LogP) is 2.54. The first-order chi connectivity index (χ1) is 14.2. The lowest BCUT2D eigenvalue weighted by Crippen LogP contribution is -2.69. The molecule has 0 aromatic heterocycles. The van der Waals surface area contributed by atoms with E-state index in [1.807, 2.05) is 25.1 Å². The lowest BCUT2D eigenvalue weighted by molar-refractivity contribution is -0.324. The number of carbonyl (C=O) groups is 2. The molecule has 1 aliphatic heterocycles. The molecule has 0 aliphatic carbocycles. The van der Waals surface area contributed by atoms with E-state index in [2.05, 4.69) is 34.6 Å². The van der Waals surface area contributed by atoms with Gasteiger partial charge in [-0.1, -0.05) is 48.9 Å². The molecule has 1 aromatic rings. The van der Waals surface area contributed by atoms with E-state index in [1.54, 1.807) is 0 Å². The molecule has 1 fully saturated rings. The van der Waals surface area contributed by atoms with E-state index < -0.39 is 29.4 Å². The Labute approximate surface area is 177 Å². The van der Waals surface area contributed by atoms with Crippen molar-refractivity contribution < 1.29 is 34.0 Å². The van der Waals surface area contributed by atoms with Crippen molar-refractivity contribution in [3.8, 4) is 0 Å². The van der Waals surface area contributed by atoms with Crippen LogP contribution in [0.25, 0.3) is 0 Å². The van der Waals surface area contributed by atoms with Gasteiger partial charge in [-0.25, -0.2) is 9.59 Å². The third-order valence-electron chi connectivity index (χ3n) is 5.54. The summed E-state index contributed by atoms with van der Waals surface area (Å²) in [7, 11) is 2.11. The van der Waals surface area contributed by atoms with Crippen LogP contribution in [0.2, 0.25) is 0 Å². The number of benzene rings is 1. The molecule has 0 bridgehead atoms. The highest BCUT2D eigenvalue weighted by molar-refractivity contribution is 5.91. The number of aliphatic hydroxyl groups is 2. The first-order valence-corrected chi connectivity index (χ1v) is 10.2. The van der Waals surface area contributed by atoms with Gasteiger partial charge in [0.1, 0.15) is 0 Å². The van der Waals surface area contributed by atoms with Crippen molar-refractivity contribution in [2.45, 2.75) is 63.4 Å². The van der Waals surface area contributed by atoms with E-state index in [4.69, 9.17) is 4.74 Å². The molecule has 0 radical (unpaired) electrons. The molecule has 0 saturated carbocycles. The molecule has 1 aliphatic rings. The van der Waals surface area contributed by atoms with Crippen molar-refractivity contribution in [1.82, 2.24) is 0 Å². The van der Waals surface area contributed by atoms with Crippen molar-refractivity contribution in [3.63, 3.8) is 0 Å². The predicted molar refractivity (Wildman–Crippen MR) is 110 cm³/mol. The average Bonchev–Trinajstić information content (AvgIpc) is 2.73. The van der Waals surface area contributed by atoms with E-state index in [-0.39, 0.29) is 12.8 Å². The zero-order chi connectivity index (χ0) is 22.4. The van der Waals surface area contributed by atoms with Crippen molar-refractivity contribution >= 4 is 11.9 Å². The van der Waals surface area contributed by atoms with Crippen molar-refractivity contribution in [2.75, 3.05) is 14.2 Å². The third kappa shape index (κ3) is 5.28. The Morgan fingerprint density at radius 3 is 2.43 bits per heavy atom. The summed E-state index contributed by atoms with van der Waals surface area (Å²) < 4.78 is 14.7. The zero-order valence-electron chi connectivity index (χ0n) is 18.1. The van der Waals surface area contributed by atoms with Crippen LogP contribution >= 0.6 is 0 Å². The fourth-order valence-corrected chi connectivity index (χ4v) is 3.91. The number of carbonyl (C=O) groups excluding carboxylic acids is 2. The van der Waals surface area contributed by atoms with Gasteiger partial charge in [0, 0.05) is 0 Å². The van der Waals surface area contributed by atoms with Crippen LogP contribution in [-0.2, 0) is 30.2 Å². The standard InChI is InChI=1S/C23H32O7/c1-16(14-17(2)15-18-8-6-5-7-9-18)10-11-19-12-13-22(26,20(24)28-3)23(27,30-19)21(25)29-4/h5-9,14,17,19,26-27H,10-13,15H2,1-4H3/b16-14+/t17-,19?,22-,23?/m0/s1. The van der Waals surface area contributed by atoms with E-state index in [0.29, 0.717) is 18.8 Å². The number of rotatable bonds is 8. The Morgan fingerprint density at radius 2 is 1.83 bits per heavy atom. The molecule has 2 N–H and O–H groups in total. The summed E-state index contributed by atoms with van der Waals surface area (Å²) in [5, 5.41) is 21.4. The van der Waals surface area contributed by atoms with Gasteiger partial charge in [-0.05, 0) is 50.5 Å². The maximum atomic E-state index is 12.2. The molecule has 7 nitrogen and oxygen atoms in total. The first kappa shape index (κ1) is 24.1. The fourth-order valence-electron chi connectivity index (χ4n) is 3.91. The molecule has 2 rings (SSSR count). The van der Waals surface area contributed by atoms with E-state index in [9.17, 15) is 19.8 Å². The van der Waals surface area contributed by atoms with E-state index in [0.717, 1.165) is 26.2 Å². The molecular formula is C23H32O7. The van der Waals surface area contributed by atoms with E-state index >= 15 is 0 Å². The summed E-state index contributed by atoms with van der Waals surface area (Å²) in [6.07, 6.45) is 3.95. The lowest BCUT2D eigenvalue weighted by atomic mass is 9.82. The van der Waals surface area contributed by atoms with Gasteiger partial charge in [-0.2, -0.15) is 0 Å². The van der Waals surface area contributed by atoms with Crippen LogP contribution in [0.5, 0.6) is 0 Å². The van der Waals surface area contributed by atoms with E-state index in [1.165, 1.54) is 5.56 Å². The maximum Gasteiger partial charge on any atom is 0.370 e. The van der Waals surface area contributed by atoms with Crippen LogP contribution in [0.3, 0.4) is 0 Å². The second-order valence-electron chi connectivity index (χ2n) is 7.98. The first-order valence-electron chi connectivity index (χ1n) is 10.2. The summed E-state index contributed by atoms with van der Waals surface area (Å²) in [5.74, 6) is -4.82. The highest BCUT2D eigenvalue weighted by Gasteiger charge is 2.66. The highest BCUT2D eigenvalue weighted by atomic mass is 16.7. The van der Waals surface area contributed by atoms with Gasteiger partial charge in [-0.15, -0.1) is 0 Å². The smallest absolute Gasteiger partial charge is 0.370 e. The fraction of sp³-hybridized carbons (Fsp3) is 0.565. The number of hydrogen-bond acceptors (Lipinski definition) is 7. The minimum Gasteiger partial charge on any atom is -0.467 e. The molecule has 1 aromatic carbocycles. The van der Waals surface area contributed by atoms with Crippen LogP contribution in [0.1, 0.15) is 45.1 Å². The molecule has 0 spiro atoms. The monoisotopic (exact) mass is 420 g/mol. The Morgan fingerprint density at radius 1 is 1.20 bits per heavy atom. The van der Waals surface area contributed by atoms with Crippen LogP contribution in [0, 0.1) is 5.92 Å². The average molecular weight is 421 g/mol. The number of ether oxygens (including phenoxy) is 3. The maximum absolute atomic E-state index is 12.2. The lowest BCUT2D eigenvalue weighted by Gasteiger charge is -2.44. The molecule has 1 saturated heterocycles. The van der Waals surface area contributed by atoms with Gasteiger partial charge in [0.25, 0.3) is 0 Å². The second kappa shape index (κ2) is 10.2. The molecule has 166 valence electrons. The highest BCUT2D eigenvalue weighted by Crippen LogP contribution is 2.39. The van der Waals surface area contributed by atoms with Crippen molar-refractivity contribution in [3.05, 3.63) is 47.5 Å². The van der Waals surface area contributed by atoms with Crippen LogP contribution < -0.4 is 0 Å². The number of methoxy groups -OCH3 is 2. The van der Waals surface area contributed by atoms with Gasteiger partial charge in [0.15, 0.2) is 0 Å². The minimum atomic E-state index is -2.81. The van der Waals surface area contributed by atoms with Crippen LogP contribution in [0.15, 0.2) is 42.0 Å². The third-order valence-corrected chi connectivity index (χ3v) is 5.54. The van der Waals surface area contributed by atoms with Crippen molar-refractivity contribution in [1.29, 1.82) is 0 Å². The van der Waals surface area contributed by atoms with Gasteiger partial charge in [0.2, 0.25) is 5.60 Å². The summed E-state index contributed by atoms with van der Waals surface area (Å²) in [6, 6.07) is 10.3. The molecule has 1 heterocycles. The Kier molecular flexibility index (Phi) is 8.18. The Hall–Kier alpha value is -2.22. The summed E-state index contributed by atoms with van der Waals surface area (Å²) in [5.41, 5.74) is -0.0761. The van der Waals surface area contributed by atoms with Gasteiger partial charge in [0.05, 0.1) is 20.3 Å². The molecule has 30 heavy (non-hydrogen) atoms. The number of hydrogen-bond donors (Lipinski definition) is 2. The number of esters is 2. The quantitative estimate of drug-likeness (QED) is 0.492. The Bertz CT molecular complexity index is 760. The topological polar surface area (TPSA) is 102 Å². The van der Waals surface area contributed by atoms with Crippen molar-refractivity contribution in [2.24, 2.45) is 5.92 Å². The summed E-state index contributed by atoms with van der Waals surface area (Å²) in [4.78, 5) is 24.2. The zero-order valence-corrected chi connectivity index (χ0v) is 18.1. The SMILES string of the molecule is COC(=O)C1(O)OC(CC/C(C)=C/[C@H](C)Cc2ccccc2)CC[C@]1(O)C(=O)OC. The molecule has 4 atom stereocenters. The van der Waals surface area contributed by atoms with Gasteiger partial charge in [-0.3, -0.25) is 0 Å². The Balaban J connectivity index is 2.00. The second-order valence-corrected chi connectivity index (χ2v) is 7.98. The normalized spacial score (nSPS) is 27.9. The largest absolute Gasteiger partial charge is 0.467 e. The minimum absolute atomic E-state index is 0.177. The van der Waals surface area contributed by atoms with Crippen LogP contribution in [0.4, 0.5) is 0 Å².